The molecule has 1 aliphatic rings. The van der Waals surface area contributed by atoms with Crippen molar-refractivity contribution in [3.63, 3.8) is 0 Å². The fraction of sp³-hybridized carbons (Fsp3) is 1.00. The first-order chi connectivity index (χ1) is 3.72. The third-order valence-corrected chi connectivity index (χ3v) is 1.25. The van der Waals surface area contributed by atoms with Gasteiger partial charge in [0.1, 0.15) is 12.3 Å². The summed E-state index contributed by atoms with van der Waals surface area (Å²) in [6.07, 6.45) is -2.79. The molecule has 8 heavy (non-hydrogen) atoms. The maximum absolute atomic E-state index is 8.70. The minimum atomic E-state index is -1.02. The van der Waals surface area contributed by atoms with Crippen LogP contribution in [0, 0.1) is 0 Å². The predicted octanol–water partition coefficient (Wildman–Crippen LogP) is -2.37. The molecule has 0 bridgehead atoms. The molecule has 4 nitrogen and oxygen atoms in total. The highest BCUT2D eigenvalue weighted by Crippen LogP contribution is 2.03. The van der Waals surface area contributed by atoms with Crippen LogP contribution in [0.25, 0.3) is 0 Å². The Morgan fingerprint density at radius 1 is 1.25 bits per heavy atom. The van der Waals surface area contributed by atoms with E-state index in [4.69, 9.17) is 15.3 Å². The summed E-state index contributed by atoms with van der Waals surface area (Å²) in [5.41, 5.74) is 0. The summed E-state index contributed by atoms with van der Waals surface area (Å²) in [6, 6.07) is 0. The number of hydrogen-bond acceptors (Lipinski definition) is 4. The van der Waals surface area contributed by atoms with Crippen LogP contribution in [0.2, 0.25) is 0 Å². The molecule has 1 fully saturated rings. The number of β-amino-alcohol motifs (C(OH)–C–C–N with tert-alkyl or cyclic N) is 1. The highest BCUT2D eigenvalue weighted by Gasteiger charge is 2.30. The zero-order valence-electron chi connectivity index (χ0n) is 4.28. The van der Waals surface area contributed by atoms with Gasteiger partial charge in [-0.1, -0.05) is 0 Å². The maximum Gasteiger partial charge on any atom is 0.133 e. The molecule has 0 unspecified atom stereocenters. The lowest BCUT2D eigenvalue weighted by Gasteiger charge is -2.07. The van der Waals surface area contributed by atoms with E-state index in [1.807, 2.05) is 0 Å². The molecule has 0 aromatic heterocycles. The lowest BCUT2D eigenvalue weighted by atomic mass is 10.2. The Bertz CT molecular complexity index is 77.4. The molecule has 1 rings (SSSR count). The van der Waals surface area contributed by atoms with Crippen LogP contribution in [0.15, 0.2) is 0 Å². The standard InChI is InChI=1S/C4H9NO3/c6-2-1-5-4(8)3(2)7/h2-8H,1H2/t2-,3+,4-/m0/s1. The van der Waals surface area contributed by atoms with Crippen LogP contribution < -0.4 is 5.32 Å². The van der Waals surface area contributed by atoms with Crippen LogP contribution in [0.4, 0.5) is 0 Å². The normalized spacial score (nSPS) is 47.6. The minimum absolute atomic E-state index is 0.266. The van der Waals surface area contributed by atoms with Gasteiger partial charge < -0.3 is 15.3 Å². The lowest BCUT2D eigenvalue weighted by molar-refractivity contribution is -0.0208. The van der Waals surface area contributed by atoms with Crippen molar-refractivity contribution >= 4 is 0 Å². The first kappa shape index (κ1) is 5.97. The third kappa shape index (κ3) is 0.830. The summed E-state index contributed by atoms with van der Waals surface area (Å²) < 4.78 is 0. The van der Waals surface area contributed by atoms with Crippen LogP contribution >= 0.6 is 0 Å². The van der Waals surface area contributed by atoms with Crippen LogP contribution in [-0.4, -0.2) is 40.3 Å². The van der Waals surface area contributed by atoms with Crippen LogP contribution in [0.3, 0.4) is 0 Å². The van der Waals surface area contributed by atoms with Gasteiger partial charge in [-0.3, -0.25) is 5.32 Å². The zero-order valence-corrected chi connectivity index (χ0v) is 4.28. The molecule has 0 aliphatic carbocycles. The largest absolute Gasteiger partial charge is 0.389 e. The molecule has 0 aromatic rings. The first-order valence-electron chi connectivity index (χ1n) is 2.49. The van der Waals surface area contributed by atoms with Gasteiger partial charge in [0.05, 0.1) is 6.10 Å². The monoisotopic (exact) mass is 119 g/mol. The summed E-state index contributed by atoms with van der Waals surface area (Å²) in [5.74, 6) is 0. The van der Waals surface area contributed by atoms with Gasteiger partial charge in [-0.05, 0) is 0 Å². The van der Waals surface area contributed by atoms with Crippen LogP contribution in [-0.2, 0) is 0 Å². The molecule has 1 saturated heterocycles. The second kappa shape index (κ2) is 1.99. The Morgan fingerprint density at radius 3 is 2.00 bits per heavy atom. The number of nitrogens with one attached hydrogen (secondary N) is 1. The van der Waals surface area contributed by atoms with Gasteiger partial charge >= 0.3 is 0 Å². The second-order valence-corrected chi connectivity index (χ2v) is 1.91. The SMILES string of the molecule is O[C@H]1[C@H](O)NC[C@@H]1O. The zero-order chi connectivity index (χ0) is 6.15. The van der Waals surface area contributed by atoms with Gasteiger partial charge in [-0.25, -0.2) is 0 Å². The van der Waals surface area contributed by atoms with Crippen molar-refractivity contribution in [2.45, 2.75) is 18.4 Å². The highest BCUT2D eigenvalue weighted by molar-refractivity contribution is 4.82. The molecule has 0 aromatic carbocycles. The molecular weight excluding hydrogens is 110 g/mol. The van der Waals surface area contributed by atoms with Crippen molar-refractivity contribution in [3.8, 4) is 0 Å². The molecule has 1 heterocycles. The van der Waals surface area contributed by atoms with E-state index in [1.54, 1.807) is 0 Å². The number of aliphatic hydroxyl groups is 3. The summed E-state index contributed by atoms with van der Waals surface area (Å²) in [5, 5.41) is 28.5. The molecule has 48 valence electrons. The van der Waals surface area contributed by atoms with Gasteiger partial charge in [0, 0.05) is 6.54 Å². The van der Waals surface area contributed by atoms with E-state index >= 15 is 0 Å². The average molecular weight is 119 g/mol. The maximum atomic E-state index is 8.70. The molecule has 3 atom stereocenters. The van der Waals surface area contributed by atoms with Crippen molar-refractivity contribution < 1.29 is 15.3 Å². The number of aliphatic hydroxyl groups excluding tert-OH is 3. The van der Waals surface area contributed by atoms with Crippen LogP contribution in [0.1, 0.15) is 0 Å². The molecule has 4 heteroatoms. The lowest BCUT2D eigenvalue weighted by Crippen LogP contribution is -2.32. The summed E-state index contributed by atoms with van der Waals surface area (Å²) in [6.45, 7) is 0.266. The van der Waals surface area contributed by atoms with E-state index in [9.17, 15) is 0 Å². The van der Waals surface area contributed by atoms with Crippen molar-refractivity contribution in [2.24, 2.45) is 0 Å². The Morgan fingerprint density at radius 2 is 1.88 bits per heavy atom. The van der Waals surface area contributed by atoms with Crippen molar-refractivity contribution in [3.05, 3.63) is 0 Å². The summed E-state index contributed by atoms with van der Waals surface area (Å²) >= 11 is 0. The van der Waals surface area contributed by atoms with Crippen LogP contribution in [0.5, 0.6) is 0 Å². The molecule has 0 amide bonds. The van der Waals surface area contributed by atoms with Gasteiger partial charge in [-0.15, -0.1) is 0 Å². The molecule has 0 saturated carbocycles. The Labute approximate surface area is 46.8 Å². The van der Waals surface area contributed by atoms with E-state index in [-0.39, 0.29) is 6.54 Å². The van der Waals surface area contributed by atoms with E-state index in [0.29, 0.717) is 0 Å². The number of rotatable bonds is 0. The summed E-state index contributed by atoms with van der Waals surface area (Å²) in [4.78, 5) is 0. The highest BCUT2D eigenvalue weighted by atomic mass is 16.4. The topological polar surface area (TPSA) is 72.7 Å². The van der Waals surface area contributed by atoms with E-state index in [1.165, 1.54) is 0 Å². The molecular formula is C4H9NO3. The van der Waals surface area contributed by atoms with E-state index < -0.39 is 18.4 Å². The quantitative estimate of drug-likeness (QED) is 0.287. The average Bonchev–Trinajstić information content (AvgIpc) is 1.98. The molecule has 0 radical (unpaired) electrons. The van der Waals surface area contributed by atoms with Gasteiger partial charge in [0.15, 0.2) is 0 Å². The van der Waals surface area contributed by atoms with Crippen molar-refractivity contribution in [1.29, 1.82) is 0 Å². The molecule has 0 spiro atoms. The van der Waals surface area contributed by atoms with Gasteiger partial charge in [-0.2, -0.15) is 0 Å². The Kier molecular flexibility index (Phi) is 1.48. The molecule has 4 N–H and O–H groups in total. The van der Waals surface area contributed by atoms with Crippen molar-refractivity contribution in [1.82, 2.24) is 5.32 Å². The first-order valence-corrected chi connectivity index (χ1v) is 2.49. The van der Waals surface area contributed by atoms with Gasteiger partial charge in [0.2, 0.25) is 0 Å². The summed E-state index contributed by atoms with van der Waals surface area (Å²) in [7, 11) is 0. The minimum Gasteiger partial charge on any atom is -0.389 e. The van der Waals surface area contributed by atoms with E-state index in [2.05, 4.69) is 5.32 Å². The van der Waals surface area contributed by atoms with E-state index in [0.717, 1.165) is 0 Å². The number of hydrogen-bond donors (Lipinski definition) is 4. The third-order valence-electron chi connectivity index (χ3n) is 1.25. The second-order valence-electron chi connectivity index (χ2n) is 1.91. The Hall–Kier alpha value is -0.160. The predicted molar refractivity (Wildman–Crippen MR) is 26.0 cm³/mol. The fourth-order valence-corrected chi connectivity index (χ4v) is 0.693. The fourth-order valence-electron chi connectivity index (χ4n) is 0.693. The molecule has 1 aliphatic heterocycles. The smallest absolute Gasteiger partial charge is 0.133 e. The van der Waals surface area contributed by atoms with Crippen molar-refractivity contribution in [2.75, 3.05) is 6.54 Å². The Balaban J connectivity index is 2.44. The van der Waals surface area contributed by atoms with Gasteiger partial charge in [0.25, 0.3) is 0 Å².